The van der Waals surface area contributed by atoms with Gasteiger partial charge in [0.1, 0.15) is 0 Å². The molecule has 2 nitrogen and oxygen atoms in total. The molecule has 0 aromatic rings. The highest BCUT2D eigenvalue weighted by Crippen LogP contribution is 2.11. The molecule has 0 aliphatic rings. The van der Waals surface area contributed by atoms with Gasteiger partial charge in [0, 0.05) is 0 Å². The van der Waals surface area contributed by atoms with Gasteiger partial charge in [0.15, 0.2) is 0 Å². The van der Waals surface area contributed by atoms with E-state index in [1.807, 2.05) is 0 Å². The molecule has 0 spiro atoms. The molecule has 0 aliphatic heterocycles. The van der Waals surface area contributed by atoms with Crippen LogP contribution in [0.1, 0.15) is 90.9 Å². The van der Waals surface area contributed by atoms with Gasteiger partial charge in [0.05, 0.1) is 27.2 Å². The van der Waals surface area contributed by atoms with Crippen LogP contribution in [0.2, 0.25) is 0 Å². The van der Waals surface area contributed by atoms with Crippen LogP contribution in [0.4, 0.5) is 0 Å². The Bertz CT molecular complexity index is 188. The van der Waals surface area contributed by atoms with Crippen molar-refractivity contribution in [3.05, 3.63) is 0 Å². The summed E-state index contributed by atoms with van der Waals surface area (Å²) in [5.74, 6) is 0. The molecule has 0 saturated carbocycles. The lowest BCUT2D eigenvalue weighted by atomic mass is 10.1. The van der Waals surface area contributed by atoms with Crippen molar-refractivity contribution in [2.75, 3.05) is 27.2 Å². The zero-order chi connectivity index (χ0) is 14.4. The Morgan fingerprint density at radius 2 is 0.818 bits per heavy atom. The highest BCUT2D eigenvalue weighted by molar-refractivity contribution is 5.85. The van der Waals surface area contributed by atoms with E-state index >= 15 is 0 Å². The van der Waals surface area contributed by atoms with Crippen molar-refractivity contribution >= 4 is 12.4 Å². The molecule has 140 valence electrons. The molecular formula is C18H44Cl2N2. The Balaban J connectivity index is -0.000000540. The molecule has 0 aromatic heterocycles. The summed E-state index contributed by atoms with van der Waals surface area (Å²) in [4.78, 5) is 0. The van der Waals surface area contributed by atoms with E-state index in [-0.39, 0.29) is 31.0 Å². The third-order valence-corrected chi connectivity index (χ3v) is 4.23. The monoisotopic (exact) mass is 358 g/mol. The maximum atomic E-state index is 2.41. The predicted octanol–water partition coefficient (Wildman–Crippen LogP) is 3.37. The van der Waals surface area contributed by atoms with Crippen molar-refractivity contribution in [3.63, 3.8) is 0 Å². The first kappa shape index (κ1) is 30.4. The zero-order valence-electron chi connectivity index (χ0n) is 15.8. The summed E-state index contributed by atoms with van der Waals surface area (Å²) in [6.07, 6.45) is 17.1. The van der Waals surface area contributed by atoms with E-state index in [4.69, 9.17) is 0 Å². The quantitative estimate of drug-likeness (QED) is 0.375. The second kappa shape index (κ2) is 21.5. The van der Waals surface area contributed by atoms with Crippen LogP contribution >= 0.6 is 12.4 Å². The molecule has 0 fully saturated rings. The molecule has 0 unspecified atom stereocenters. The van der Waals surface area contributed by atoms with E-state index in [0.717, 1.165) is 0 Å². The van der Waals surface area contributed by atoms with E-state index in [2.05, 4.69) is 27.9 Å². The van der Waals surface area contributed by atoms with E-state index in [1.165, 1.54) is 94.6 Å². The van der Waals surface area contributed by atoms with Crippen LogP contribution < -0.4 is 18.6 Å². The lowest BCUT2D eigenvalue weighted by Gasteiger charge is -2.30. The van der Waals surface area contributed by atoms with Crippen molar-refractivity contribution in [2.24, 2.45) is 0 Å². The summed E-state index contributed by atoms with van der Waals surface area (Å²) >= 11 is 0. The first-order chi connectivity index (χ1) is 9.12. The average Bonchev–Trinajstić information content (AvgIpc) is 2.38. The first-order valence-corrected chi connectivity index (χ1v) is 8.94. The Kier molecular flexibility index (Phi) is 29.7. The van der Waals surface area contributed by atoms with Crippen LogP contribution in [-0.4, -0.2) is 31.7 Å². The number of quaternary nitrogens is 1. The summed E-state index contributed by atoms with van der Waals surface area (Å²) in [7, 11) is 4.82. The van der Waals surface area contributed by atoms with Gasteiger partial charge in [-0.2, -0.15) is 0 Å². The highest BCUT2D eigenvalue weighted by Gasteiger charge is 2.13. The Morgan fingerprint density at radius 3 is 1.18 bits per heavy atom. The van der Waals surface area contributed by atoms with Crippen LogP contribution in [0.3, 0.4) is 0 Å². The second-order valence-corrected chi connectivity index (χ2v) is 6.92. The molecule has 0 saturated heterocycles. The Morgan fingerprint density at radius 1 is 0.545 bits per heavy atom. The molecule has 0 heterocycles. The van der Waals surface area contributed by atoms with Gasteiger partial charge in [-0.25, -0.2) is 0 Å². The molecule has 0 atom stereocenters. The first-order valence-electron chi connectivity index (χ1n) is 8.94. The molecule has 0 aliphatic carbocycles. The van der Waals surface area contributed by atoms with Crippen LogP contribution in [0.5, 0.6) is 0 Å². The smallest absolute Gasteiger partial charge is 0.0782 e. The number of rotatable bonds is 14. The van der Waals surface area contributed by atoms with Gasteiger partial charge in [-0.15, -0.1) is 12.4 Å². The fourth-order valence-corrected chi connectivity index (χ4v) is 2.75. The van der Waals surface area contributed by atoms with Gasteiger partial charge in [-0.1, -0.05) is 65.2 Å². The summed E-state index contributed by atoms with van der Waals surface area (Å²) < 4.78 is 1.24. The van der Waals surface area contributed by atoms with Gasteiger partial charge < -0.3 is 23.0 Å². The Hall–Kier alpha value is 0.500. The van der Waals surface area contributed by atoms with Gasteiger partial charge in [0.25, 0.3) is 0 Å². The number of unbranched alkanes of at least 4 members (excludes halogenated alkanes) is 10. The van der Waals surface area contributed by atoms with E-state index in [1.54, 1.807) is 0 Å². The van der Waals surface area contributed by atoms with Crippen molar-refractivity contribution < 1.29 is 16.9 Å². The maximum absolute atomic E-state index is 2.41. The normalized spacial score (nSPS) is 10.4. The molecule has 3 N–H and O–H groups in total. The summed E-state index contributed by atoms with van der Waals surface area (Å²) in [5.41, 5.74) is 0. The van der Waals surface area contributed by atoms with Crippen molar-refractivity contribution in [1.82, 2.24) is 6.15 Å². The average molecular weight is 359 g/mol. The summed E-state index contributed by atoms with van der Waals surface area (Å²) in [5, 5.41) is 0. The number of halogens is 2. The number of hydrogen-bond acceptors (Lipinski definition) is 1. The lowest BCUT2D eigenvalue weighted by molar-refractivity contribution is -0.890. The molecule has 0 radical (unpaired) electrons. The lowest BCUT2D eigenvalue weighted by Crippen LogP contribution is -3.00. The van der Waals surface area contributed by atoms with E-state index < -0.39 is 0 Å². The Labute approximate surface area is 153 Å². The minimum absolute atomic E-state index is 0. The second-order valence-electron chi connectivity index (χ2n) is 6.92. The van der Waals surface area contributed by atoms with Crippen LogP contribution in [0.15, 0.2) is 0 Å². The number of hydrogen-bond donors (Lipinski definition) is 1. The van der Waals surface area contributed by atoms with Crippen LogP contribution in [0, 0.1) is 0 Å². The van der Waals surface area contributed by atoms with Gasteiger partial charge in [-0.05, 0) is 25.7 Å². The predicted molar refractivity (Wildman–Crippen MR) is 101 cm³/mol. The van der Waals surface area contributed by atoms with Crippen molar-refractivity contribution in [2.45, 2.75) is 90.9 Å². The standard InChI is InChI=1S/C18H40N.2ClH.H3N/c1-5-7-9-11-12-13-14-16-18-19(3,4)17-15-10-8-6-2;;;/h5-18H2,1-4H3;2*1H;1H3/q+1;;;/p-1. The summed E-state index contributed by atoms with van der Waals surface area (Å²) in [6, 6.07) is 0. The molecule has 0 amide bonds. The van der Waals surface area contributed by atoms with Gasteiger partial charge >= 0.3 is 0 Å². The highest BCUT2D eigenvalue weighted by atomic mass is 35.5. The molecule has 4 heteroatoms. The summed E-state index contributed by atoms with van der Waals surface area (Å²) in [6.45, 7) is 7.33. The minimum atomic E-state index is 0. The third kappa shape index (κ3) is 22.8. The topological polar surface area (TPSA) is 35.0 Å². The van der Waals surface area contributed by atoms with Crippen molar-refractivity contribution in [1.29, 1.82) is 0 Å². The van der Waals surface area contributed by atoms with Crippen LogP contribution in [0.25, 0.3) is 0 Å². The van der Waals surface area contributed by atoms with E-state index in [0.29, 0.717) is 0 Å². The minimum Gasteiger partial charge on any atom is -1.00 e. The molecule has 22 heavy (non-hydrogen) atoms. The van der Waals surface area contributed by atoms with Crippen LogP contribution in [-0.2, 0) is 0 Å². The van der Waals surface area contributed by atoms with Gasteiger partial charge in [-0.3, -0.25) is 0 Å². The fraction of sp³-hybridized carbons (Fsp3) is 1.00. The third-order valence-electron chi connectivity index (χ3n) is 4.23. The van der Waals surface area contributed by atoms with Gasteiger partial charge in [0.2, 0.25) is 0 Å². The van der Waals surface area contributed by atoms with Crippen molar-refractivity contribution in [3.8, 4) is 0 Å². The molecule has 0 bridgehead atoms. The molecule has 0 rings (SSSR count). The maximum Gasteiger partial charge on any atom is 0.0782 e. The molecular weight excluding hydrogens is 315 g/mol. The molecule has 0 aromatic carbocycles. The fourth-order valence-electron chi connectivity index (χ4n) is 2.75. The van der Waals surface area contributed by atoms with E-state index in [9.17, 15) is 0 Å². The number of nitrogens with zero attached hydrogens (tertiary/aromatic N) is 1. The zero-order valence-corrected chi connectivity index (χ0v) is 17.4. The SMILES string of the molecule is CCCCCCCCCC[N+](C)(C)CCCCCC.Cl.N.[Cl-]. The largest absolute Gasteiger partial charge is 1.00 e.